The fourth-order valence-corrected chi connectivity index (χ4v) is 4.17. The highest BCUT2D eigenvalue weighted by molar-refractivity contribution is 7.13. The maximum atomic E-state index is 5.87. The van der Waals surface area contributed by atoms with Crippen LogP contribution in [0.15, 0.2) is 33.5 Å². The second-order valence-electron chi connectivity index (χ2n) is 5.58. The Morgan fingerprint density at radius 2 is 2.35 bits per heavy atom. The van der Waals surface area contributed by atoms with Crippen LogP contribution in [0.5, 0.6) is 0 Å². The summed E-state index contributed by atoms with van der Waals surface area (Å²) in [6, 6.07) is 6.10. The van der Waals surface area contributed by atoms with Crippen LogP contribution in [-0.2, 0) is 11.3 Å². The van der Waals surface area contributed by atoms with E-state index in [-0.39, 0.29) is 6.10 Å². The SMILES string of the molecule is Cc1csc([C@@H]2CN(Cc3cc(-c4cccs4)on3)CCO2)n1. The van der Waals surface area contributed by atoms with Gasteiger partial charge in [-0.05, 0) is 18.4 Å². The molecular formula is C16H17N3O2S2. The summed E-state index contributed by atoms with van der Waals surface area (Å²) in [7, 11) is 0. The summed E-state index contributed by atoms with van der Waals surface area (Å²) < 4.78 is 11.3. The van der Waals surface area contributed by atoms with Crippen molar-refractivity contribution in [1.29, 1.82) is 0 Å². The van der Waals surface area contributed by atoms with Gasteiger partial charge in [-0.25, -0.2) is 4.98 Å². The molecule has 1 aliphatic rings. The van der Waals surface area contributed by atoms with E-state index in [1.165, 1.54) is 0 Å². The summed E-state index contributed by atoms with van der Waals surface area (Å²) in [6.07, 6.45) is 0.0612. The maximum Gasteiger partial charge on any atom is 0.177 e. The lowest BCUT2D eigenvalue weighted by atomic mass is 10.2. The number of aryl methyl sites for hydroxylation is 1. The molecule has 0 N–H and O–H groups in total. The molecule has 0 amide bonds. The lowest BCUT2D eigenvalue weighted by Gasteiger charge is -2.31. The monoisotopic (exact) mass is 347 g/mol. The molecule has 0 aromatic carbocycles. The molecule has 1 fully saturated rings. The molecule has 0 bridgehead atoms. The predicted octanol–water partition coefficient (Wildman–Crippen LogP) is 3.74. The summed E-state index contributed by atoms with van der Waals surface area (Å²) in [5.41, 5.74) is 2.02. The summed E-state index contributed by atoms with van der Waals surface area (Å²) in [4.78, 5) is 8.01. The maximum absolute atomic E-state index is 5.87. The van der Waals surface area contributed by atoms with E-state index >= 15 is 0 Å². The number of hydrogen-bond donors (Lipinski definition) is 0. The van der Waals surface area contributed by atoms with E-state index in [0.29, 0.717) is 0 Å². The van der Waals surface area contributed by atoms with Crippen molar-refractivity contribution in [1.82, 2.24) is 15.0 Å². The number of thiazole rings is 1. The third-order valence-corrected chi connectivity index (χ3v) is 5.71. The highest BCUT2D eigenvalue weighted by Crippen LogP contribution is 2.28. The van der Waals surface area contributed by atoms with Crippen LogP contribution in [0.1, 0.15) is 22.5 Å². The zero-order valence-electron chi connectivity index (χ0n) is 12.8. The van der Waals surface area contributed by atoms with Gasteiger partial charge in [-0.1, -0.05) is 11.2 Å². The summed E-state index contributed by atoms with van der Waals surface area (Å²) >= 11 is 3.33. The van der Waals surface area contributed by atoms with Crippen LogP contribution in [0.4, 0.5) is 0 Å². The standard InChI is InChI=1S/C16H17N3O2S2/c1-11-10-23-16(17-11)14-9-19(4-5-20-14)8-12-7-13(21-18-12)15-3-2-6-22-15/h2-3,6-7,10,14H,4-5,8-9H2,1H3/t14-/m0/s1. The number of aromatic nitrogens is 2. The van der Waals surface area contributed by atoms with Crippen LogP contribution < -0.4 is 0 Å². The quantitative estimate of drug-likeness (QED) is 0.719. The third kappa shape index (κ3) is 3.37. The van der Waals surface area contributed by atoms with E-state index < -0.39 is 0 Å². The van der Waals surface area contributed by atoms with E-state index in [9.17, 15) is 0 Å². The van der Waals surface area contributed by atoms with Gasteiger partial charge in [0.15, 0.2) is 5.76 Å². The van der Waals surface area contributed by atoms with Crippen molar-refractivity contribution in [3.05, 3.63) is 45.4 Å². The van der Waals surface area contributed by atoms with Crippen molar-refractivity contribution in [2.24, 2.45) is 0 Å². The van der Waals surface area contributed by atoms with Gasteiger partial charge in [0.05, 0.1) is 17.2 Å². The lowest BCUT2D eigenvalue weighted by molar-refractivity contribution is -0.0336. The molecule has 0 saturated carbocycles. The average molecular weight is 347 g/mol. The molecule has 0 spiro atoms. The molecule has 4 heterocycles. The Morgan fingerprint density at radius 3 is 3.13 bits per heavy atom. The molecule has 4 rings (SSSR count). The number of rotatable bonds is 4. The molecule has 5 nitrogen and oxygen atoms in total. The number of nitrogens with zero attached hydrogens (tertiary/aromatic N) is 3. The van der Waals surface area contributed by atoms with Crippen molar-refractivity contribution < 1.29 is 9.26 Å². The van der Waals surface area contributed by atoms with E-state index in [1.807, 2.05) is 30.5 Å². The zero-order chi connectivity index (χ0) is 15.6. The Bertz CT molecular complexity index is 766. The minimum absolute atomic E-state index is 0.0612. The molecule has 0 unspecified atom stereocenters. The van der Waals surface area contributed by atoms with Crippen molar-refractivity contribution in [3.63, 3.8) is 0 Å². The van der Waals surface area contributed by atoms with E-state index in [1.54, 1.807) is 22.7 Å². The van der Waals surface area contributed by atoms with Crippen LogP contribution in [0, 0.1) is 6.92 Å². The van der Waals surface area contributed by atoms with Gasteiger partial charge in [0, 0.05) is 36.8 Å². The molecular weight excluding hydrogens is 330 g/mol. The van der Waals surface area contributed by atoms with E-state index in [4.69, 9.17) is 9.26 Å². The normalized spacial score (nSPS) is 19.3. The highest BCUT2D eigenvalue weighted by Gasteiger charge is 2.25. The largest absolute Gasteiger partial charge is 0.368 e. The fourth-order valence-electron chi connectivity index (χ4n) is 2.67. The summed E-state index contributed by atoms with van der Waals surface area (Å²) in [5.74, 6) is 0.843. The van der Waals surface area contributed by atoms with Gasteiger partial charge in [-0.15, -0.1) is 22.7 Å². The minimum atomic E-state index is 0.0612. The van der Waals surface area contributed by atoms with Crippen LogP contribution in [-0.4, -0.2) is 34.7 Å². The second kappa shape index (κ2) is 6.52. The Labute approximate surface area is 142 Å². The predicted molar refractivity (Wildman–Crippen MR) is 90.6 cm³/mol. The first-order valence-electron chi connectivity index (χ1n) is 7.53. The molecule has 120 valence electrons. The van der Waals surface area contributed by atoms with Gasteiger partial charge < -0.3 is 9.26 Å². The van der Waals surface area contributed by atoms with Gasteiger partial charge >= 0.3 is 0 Å². The van der Waals surface area contributed by atoms with Crippen molar-refractivity contribution in [2.75, 3.05) is 19.7 Å². The summed E-state index contributed by atoms with van der Waals surface area (Å²) in [6.45, 7) is 5.26. The molecule has 23 heavy (non-hydrogen) atoms. The van der Waals surface area contributed by atoms with Gasteiger partial charge in [-0.3, -0.25) is 4.90 Å². The first kappa shape index (κ1) is 15.0. The molecule has 0 radical (unpaired) electrons. The molecule has 3 aromatic rings. The lowest BCUT2D eigenvalue weighted by Crippen LogP contribution is -2.37. The van der Waals surface area contributed by atoms with Crippen LogP contribution in [0.25, 0.3) is 10.6 Å². The van der Waals surface area contributed by atoms with Crippen molar-refractivity contribution in [3.8, 4) is 10.6 Å². The van der Waals surface area contributed by atoms with Crippen LogP contribution in [0.2, 0.25) is 0 Å². The van der Waals surface area contributed by atoms with Gasteiger partial charge in [0.25, 0.3) is 0 Å². The molecule has 1 saturated heterocycles. The second-order valence-corrected chi connectivity index (χ2v) is 7.42. The number of hydrogen-bond acceptors (Lipinski definition) is 7. The average Bonchev–Trinajstić information content (AvgIpc) is 3.28. The van der Waals surface area contributed by atoms with Crippen LogP contribution in [0.3, 0.4) is 0 Å². The van der Waals surface area contributed by atoms with Crippen molar-refractivity contribution >= 4 is 22.7 Å². The van der Waals surface area contributed by atoms with Gasteiger partial charge in [0.1, 0.15) is 11.1 Å². The topological polar surface area (TPSA) is 51.4 Å². The Hall–Kier alpha value is -1.54. The van der Waals surface area contributed by atoms with Gasteiger partial charge in [-0.2, -0.15) is 0 Å². The Kier molecular flexibility index (Phi) is 4.26. The Balaban J connectivity index is 1.42. The summed E-state index contributed by atoms with van der Waals surface area (Å²) in [5, 5.41) is 9.38. The smallest absolute Gasteiger partial charge is 0.177 e. The molecule has 1 atom stereocenters. The van der Waals surface area contributed by atoms with Gasteiger partial charge in [0.2, 0.25) is 0 Å². The molecule has 1 aliphatic heterocycles. The minimum Gasteiger partial charge on any atom is -0.368 e. The number of morpholine rings is 1. The molecule has 3 aromatic heterocycles. The van der Waals surface area contributed by atoms with Crippen molar-refractivity contribution in [2.45, 2.75) is 19.6 Å². The first-order valence-corrected chi connectivity index (χ1v) is 9.29. The fraction of sp³-hybridized carbons (Fsp3) is 0.375. The molecule has 0 aliphatic carbocycles. The first-order chi connectivity index (χ1) is 11.3. The van der Waals surface area contributed by atoms with E-state index in [2.05, 4.69) is 20.4 Å². The molecule has 7 heteroatoms. The van der Waals surface area contributed by atoms with E-state index in [0.717, 1.165) is 53.3 Å². The van der Waals surface area contributed by atoms with Crippen LogP contribution >= 0.6 is 22.7 Å². The number of thiophene rings is 1. The Morgan fingerprint density at radius 1 is 1.39 bits per heavy atom. The third-order valence-electron chi connectivity index (χ3n) is 3.77. The number of ether oxygens (including phenoxy) is 1. The zero-order valence-corrected chi connectivity index (χ0v) is 14.4. The highest BCUT2D eigenvalue weighted by atomic mass is 32.1.